The lowest BCUT2D eigenvalue weighted by atomic mass is 9.98. The highest BCUT2D eigenvalue weighted by Gasteiger charge is 2.30. The van der Waals surface area contributed by atoms with Crippen molar-refractivity contribution >= 4 is 17.3 Å². The van der Waals surface area contributed by atoms with Crippen LogP contribution in [0.15, 0.2) is 16.0 Å². The van der Waals surface area contributed by atoms with Crippen molar-refractivity contribution in [1.29, 1.82) is 0 Å². The predicted molar refractivity (Wildman–Crippen MR) is 55.4 cm³/mol. The monoisotopic (exact) mass is 237 g/mol. The Labute approximate surface area is 94.0 Å². The third-order valence-corrected chi connectivity index (χ3v) is 3.43. The Kier molecular flexibility index (Phi) is 1.89. The third kappa shape index (κ3) is 1.20. The third-order valence-electron chi connectivity index (χ3n) is 2.56. The molecule has 2 heterocycles. The maximum absolute atomic E-state index is 10.8. The van der Waals surface area contributed by atoms with E-state index in [9.17, 15) is 9.90 Å². The highest BCUT2D eigenvalue weighted by Crippen LogP contribution is 2.42. The van der Waals surface area contributed by atoms with E-state index in [0.717, 1.165) is 10.6 Å². The second kappa shape index (κ2) is 3.16. The number of hydrogen-bond acceptors (Lipinski definition) is 5. The summed E-state index contributed by atoms with van der Waals surface area (Å²) in [6, 6.07) is 1.38. The lowest BCUT2D eigenvalue weighted by Crippen LogP contribution is -2.07. The Balaban J connectivity index is 2.23. The number of aliphatic hydroxyl groups excluding tert-OH is 1. The Morgan fingerprint density at radius 3 is 3.19 bits per heavy atom. The molecule has 2 aromatic rings. The minimum absolute atomic E-state index is 0.148. The van der Waals surface area contributed by atoms with Crippen molar-refractivity contribution in [2.45, 2.75) is 12.5 Å². The SMILES string of the molecule is O=C(O)c1cc2c(o1)-c1scnc1CC2O. The van der Waals surface area contributed by atoms with Gasteiger partial charge >= 0.3 is 5.97 Å². The van der Waals surface area contributed by atoms with Gasteiger partial charge in [-0.1, -0.05) is 0 Å². The summed E-state index contributed by atoms with van der Waals surface area (Å²) in [4.78, 5) is 15.7. The van der Waals surface area contributed by atoms with Crippen molar-refractivity contribution in [1.82, 2.24) is 4.98 Å². The quantitative estimate of drug-likeness (QED) is 0.788. The first-order valence-corrected chi connectivity index (χ1v) is 5.52. The molecule has 0 saturated heterocycles. The molecule has 16 heavy (non-hydrogen) atoms. The summed E-state index contributed by atoms with van der Waals surface area (Å²) in [7, 11) is 0. The zero-order valence-corrected chi connectivity index (χ0v) is 8.82. The van der Waals surface area contributed by atoms with Gasteiger partial charge in [0.15, 0.2) is 5.76 Å². The first kappa shape index (κ1) is 9.56. The molecule has 1 aliphatic carbocycles. The van der Waals surface area contributed by atoms with Gasteiger partial charge in [0.25, 0.3) is 0 Å². The lowest BCUT2D eigenvalue weighted by Gasteiger charge is -2.14. The number of fused-ring (bicyclic) bond motifs is 3. The minimum Gasteiger partial charge on any atom is -0.475 e. The van der Waals surface area contributed by atoms with E-state index in [0.29, 0.717) is 17.7 Å². The van der Waals surface area contributed by atoms with Crippen LogP contribution >= 0.6 is 11.3 Å². The Bertz CT molecular complexity index is 571. The van der Waals surface area contributed by atoms with E-state index in [4.69, 9.17) is 9.52 Å². The van der Waals surface area contributed by atoms with Crippen LogP contribution < -0.4 is 0 Å². The second-order valence-electron chi connectivity index (χ2n) is 3.55. The largest absolute Gasteiger partial charge is 0.475 e. The molecular weight excluding hydrogens is 230 g/mol. The van der Waals surface area contributed by atoms with Gasteiger partial charge in [0, 0.05) is 12.0 Å². The Morgan fingerprint density at radius 2 is 2.44 bits per heavy atom. The summed E-state index contributed by atoms with van der Waals surface area (Å²) in [5, 5.41) is 18.7. The number of carboxylic acid groups (broad SMARTS) is 1. The van der Waals surface area contributed by atoms with Gasteiger partial charge in [-0.25, -0.2) is 9.78 Å². The highest BCUT2D eigenvalue weighted by molar-refractivity contribution is 7.13. The number of aromatic nitrogens is 1. The number of hydrogen-bond donors (Lipinski definition) is 2. The smallest absolute Gasteiger partial charge is 0.371 e. The normalized spacial score (nSPS) is 17.9. The fraction of sp³-hybridized carbons (Fsp3) is 0.200. The van der Waals surface area contributed by atoms with Gasteiger partial charge in [0.2, 0.25) is 5.76 Å². The number of rotatable bonds is 1. The summed E-state index contributed by atoms with van der Waals surface area (Å²) < 4.78 is 5.23. The topological polar surface area (TPSA) is 83.6 Å². The predicted octanol–water partition coefficient (Wildman–Crippen LogP) is 1.69. The summed E-state index contributed by atoms with van der Waals surface area (Å²) in [5.41, 5.74) is 2.96. The van der Waals surface area contributed by atoms with Gasteiger partial charge < -0.3 is 14.6 Å². The van der Waals surface area contributed by atoms with Gasteiger partial charge in [-0.05, 0) is 6.07 Å². The van der Waals surface area contributed by atoms with Crippen molar-refractivity contribution in [3.63, 3.8) is 0 Å². The Morgan fingerprint density at radius 1 is 1.62 bits per heavy atom. The molecule has 0 bridgehead atoms. The standard InChI is InChI=1S/C10H7NO4S/c12-6-2-5-9(16-3-11-5)8-4(6)1-7(15-8)10(13)14/h1,3,6,12H,2H2,(H,13,14). The molecule has 0 aromatic carbocycles. The minimum atomic E-state index is -1.13. The number of thiazole rings is 1. The maximum atomic E-state index is 10.8. The van der Waals surface area contributed by atoms with Crippen LogP contribution in [0.4, 0.5) is 0 Å². The maximum Gasteiger partial charge on any atom is 0.371 e. The van der Waals surface area contributed by atoms with Crippen LogP contribution in [0.25, 0.3) is 10.6 Å². The highest BCUT2D eigenvalue weighted by atomic mass is 32.1. The fourth-order valence-corrected chi connectivity index (χ4v) is 2.65. The van der Waals surface area contributed by atoms with Crippen LogP contribution in [0.2, 0.25) is 0 Å². The van der Waals surface area contributed by atoms with Gasteiger partial charge in [-0.3, -0.25) is 0 Å². The van der Waals surface area contributed by atoms with Crippen molar-refractivity contribution in [3.8, 4) is 10.6 Å². The van der Waals surface area contributed by atoms with Crippen molar-refractivity contribution in [2.24, 2.45) is 0 Å². The van der Waals surface area contributed by atoms with Gasteiger partial charge in [0.05, 0.1) is 22.2 Å². The van der Waals surface area contributed by atoms with E-state index in [1.807, 2.05) is 0 Å². The molecule has 1 unspecified atom stereocenters. The van der Waals surface area contributed by atoms with Gasteiger partial charge in [0.1, 0.15) is 0 Å². The molecule has 5 nitrogen and oxygen atoms in total. The van der Waals surface area contributed by atoms with Crippen molar-refractivity contribution in [2.75, 3.05) is 0 Å². The molecule has 0 fully saturated rings. The van der Waals surface area contributed by atoms with E-state index in [2.05, 4.69) is 4.98 Å². The first-order chi connectivity index (χ1) is 7.66. The molecule has 0 radical (unpaired) electrons. The molecule has 82 valence electrons. The van der Waals surface area contributed by atoms with Gasteiger partial charge in [-0.15, -0.1) is 11.3 Å². The second-order valence-corrected chi connectivity index (χ2v) is 4.40. The van der Waals surface area contributed by atoms with Crippen molar-refractivity contribution < 1.29 is 19.4 Å². The summed E-state index contributed by atoms with van der Waals surface area (Å²) in [6.45, 7) is 0. The lowest BCUT2D eigenvalue weighted by molar-refractivity contribution is 0.0663. The zero-order valence-electron chi connectivity index (χ0n) is 8.01. The first-order valence-electron chi connectivity index (χ1n) is 4.64. The van der Waals surface area contributed by atoms with Gasteiger partial charge in [-0.2, -0.15) is 0 Å². The van der Waals surface area contributed by atoms with E-state index in [1.165, 1.54) is 17.4 Å². The molecule has 0 spiro atoms. The average Bonchev–Trinajstić information content (AvgIpc) is 2.80. The van der Waals surface area contributed by atoms with E-state index in [-0.39, 0.29) is 5.76 Å². The average molecular weight is 237 g/mol. The van der Waals surface area contributed by atoms with E-state index >= 15 is 0 Å². The van der Waals surface area contributed by atoms with Crippen LogP contribution in [0.3, 0.4) is 0 Å². The fourth-order valence-electron chi connectivity index (χ4n) is 1.83. The summed E-state index contributed by atoms with van der Waals surface area (Å²) in [5.74, 6) is -0.841. The zero-order chi connectivity index (χ0) is 11.3. The number of nitrogens with zero attached hydrogens (tertiary/aromatic N) is 1. The molecule has 0 aliphatic heterocycles. The molecule has 2 aromatic heterocycles. The molecule has 3 rings (SSSR count). The molecule has 2 N–H and O–H groups in total. The number of aliphatic hydroxyl groups is 1. The molecule has 6 heteroatoms. The Hall–Kier alpha value is -1.66. The molecule has 0 amide bonds. The van der Waals surface area contributed by atoms with Crippen LogP contribution in [0.1, 0.15) is 27.9 Å². The molecule has 0 saturated carbocycles. The molecular formula is C10H7NO4S. The molecule has 1 aliphatic rings. The number of aromatic carboxylic acids is 1. The van der Waals surface area contributed by atoms with Crippen molar-refractivity contribution in [3.05, 3.63) is 28.6 Å². The van der Waals surface area contributed by atoms with Crippen LogP contribution in [-0.2, 0) is 6.42 Å². The van der Waals surface area contributed by atoms with E-state index < -0.39 is 12.1 Å². The number of carboxylic acids is 1. The number of carbonyl (C=O) groups is 1. The van der Waals surface area contributed by atoms with Crippen LogP contribution in [0, 0.1) is 0 Å². The summed E-state index contributed by atoms with van der Waals surface area (Å²) in [6.07, 6.45) is -0.328. The summed E-state index contributed by atoms with van der Waals surface area (Å²) >= 11 is 1.39. The van der Waals surface area contributed by atoms with E-state index in [1.54, 1.807) is 5.51 Å². The molecule has 1 atom stereocenters. The number of furan rings is 1. The van der Waals surface area contributed by atoms with Crippen LogP contribution in [-0.4, -0.2) is 21.2 Å². The van der Waals surface area contributed by atoms with Crippen LogP contribution in [0.5, 0.6) is 0 Å².